The summed E-state index contributed by atoms with van der Waals surface area (Å²) >= 11 is 0. The topological polar surface area (TPSA) is 18.5 Å². The lowest BCUT2D eigenvalue weighted by atomic mass is 10.1. The van der Waals surface area contributed by atoms with Crippen molar-refractivity contribution in [3.05, 3.63) is 72.3 Å². The molecule has 0 saturated carbocycles. The number of ether oxygens (including phenoxy) is 1. The molecule has 0 N–H and O–H groups in total. The van der Waals surface area contributed by atoms with Gasteiger partial charge in [-0.2, -0.15) is 0 Å². The fourth-order valence-electron chi connectivity index (χ4n) is 4.22. The highest BCUT2D eigenvalue weighted by Crippen LogP contribution is 2.38. The highest BCUT2D eigenvalue weighted by molar-refractivity contribution is 6.99. The van der Waals surface area contributed by atoms with E-state index in [0.717, 1.165) is 0 Å². The molecule has 1 aliphatic rings. The Labute approximate surface area is 165 Å². The van der Waals surface area contributed by atoms with E-state index in [1.165, 1.54) is 15.9 Å². The van der Waals surface area contributed by atoms with Crippen LogP contribution in [-0.4, -0.2) is 26.6 Å². The van der Waals surface area contributed by atoms with Gasteiger partial charge in [0.2, 0.25) is 0 Å². The molecule has 0 radical (unpaired) electrons. The minimum absolute atomic E-state index is 0.0188. The van der Waals surface area contributed by atoms with E-state index in [1.807, 2.05) is 0 Å². The second kappa shape index (κ2) is 7.38. The van der Waals surface area contributed by atoms with Crippen molar-refractivity contribution in [2.45, 2.75) is 58.3 Å². The summed E-state index contributed by atoms with van der Waals surface area (Å²) < 4.78 is 13.3. The third-order valence-corrected chi connectivity index (χ3v) is 10.6. The van der Waals surface area contributed by atoms with Crippen LogP contribution in [0.4, 0.5) is 0 Å². The van der Waals surface area contributed by atoms with E-state index >= 15 is 0 Å². The van der Waals surface area contributed by atoms with Gasteiger partial charge in [-0.1, -0.05) is 81.4 Å². The number of rotatable bonds is 5. The van der Waals surface area contributed by atoms with Gasteiger partial charge in [0.25, 0.3) is 8.32 Å². The minimum atomic E-state index is -2.52. The van der Waals surface area contributed by atoms with Crippen molar-refractivity contribution < 1.29 is 9.16 Å². The first-order valence-electron chi connectivity index (χ1n) is 9.80. The van der Waals surface area contributed by atoms with Crippen LogP contribution in [0, 0.1) is 0 Å². The molecule has 2 aromatic rings. The Hall–Kier alpha value is -1.68. The molecule has 2 atom stereocenters. The Morgan fingerprint density at radius 3 is 1.81 bits per heavy atom. The minimum Gasteiger partial charge on any atom is -0.404 e. The van der Waals surface area contributed by atoms with Gasteiger partial charge in [-0.05, 0) is 47.8 Å². The quantitative estimate of drug-likeness (QED) is 0.553. The summed E-state index contributed by atoms with van der Waals surface area (Å²) in [5.74, 6) is 0. The van der Waals surface area contributed by atoms with Crippen LogP contribution in [0.3, 0.4) is 0 Å². The zero-order chi connectivity index (χ0) is 19.7. The summed E-state index contributed by atoms with van der Waals surface area (Å²) in [7, 11) is -2.52. The second-order valence-corrected chi connectivity index (χ2v) is 13.2. The third-order valence-electron chi connectivity index (χ3n) is 5.61. The average molecular weight is 381 g/mol. The summed E-state index contributed by atoms with van der Waals surface area (Å²) in [6.45, 7) is 13.9. The summed E-state index contributed by atoms with van der Waals surface area (Å²) in [6.07, 6.45) is 2.38. The predicted octanol–water partition coefficient (Wildman–Crippen LogP) is 4.69. The van der Waals surface area contributed by atoms with Crippen molar-refractivity contribution in [3.8, 4) is 0 Å². The monoisotopic (exact) mass is 380 g/mol. The summed E-state index contributed by atoms with van der Waals surface area (Å²) in [4.78, 5) is 0. The Kier molecular flexibility index (Phi) is 5.49. The Bertz CT molecular complexity index is 753. The predicted molar refractivity (Wildman–Crippen MR) is 116 cm³/mol. The molecule has 0 fully saturated rings. The molecule has 0 spiro atoms. The van der Waals surface area contributed by atoms with E-state index in [9.17, 15) is 0 Å². The van der Waals surface area contributed by atoms with E-state index in [0.29, 0.717) is 6.61 Å². The molecule has 2 aromatic carbocycles. The van der Waals surface area contributed by atoms with Crippen LogP contribution in [-0.2, 0) is 9.16 Å². The lowest BCUT2D eigenvalue weighted by molar-refractivity contribution is -0.0354. The van der Waals surface area contributed by atoms with Crippen molar-refractivity contribution in [2.75, 3.05) is 6.61 Å². The molecule has 3 heteroatoms. The zero-order valence-corrected chi connectivity index (χ0v) is 18.5. The van der Waals surface area contributed by atoms with E-state index in [4.69, 9.17) is 9.16 Å². The van der Waals surface area contributed by atoms with Crippen LogP contribution >= 0.6 is 0 Å². The molecule has 2 unspecified atom stereocenters. The molecule has 2 nitrogen and oxygen atoms in total. The largest absolute Gasteiger partial charge is 0.404 e. The van der Waals surface area contributed by atoms with Crippen LogP contribution in [0.15, 0.2) is 72.3 Å². The standard InChI is InChI=1S/C24H32O2Si/c1-19-17-24(6,26-20(19)2)18-25-27(23(3,4)5,21-13-9-7-10-14-21)22-15-11-8-12-16-22/h7-17,20H,18H2,1-6H3. The molecule has 0 aliphatic carbocycles. The van der Waals surface area contributed by atoms with Gasteiger partial charge in [0, 0.05) is 0 Å². The average Bonchev–Trinajstić information content (AvgIpc) is 2.88. The lowest BCUT2D eigenvalue weighted by Gasteiger charge is -2.44. The van der Waals surface area contributed by atoms with Crippen molar-refractivity contribution in [1.29, 1.82) is 0 Å². The molecular formula is C24H32O2Si. The fourth-order valence-corrected chi connectivity index (χ4v) is 8.88. The Balaban J connectivity index is 2.08. The highest BCUT2D eigenvalue weighted by Gasteiger charge is 2.51. The molecule has 3 rings (SSSR count). The van der Waals surface area contributed by atoms with Gasteiger partial charge in [0.1, 0.15) is 5.60 Å². The zero-order valence-electron chi connectivity index (χ0n) is 17.5. The Morgan fingerprint density at radius 1 is 0.963 bits per heavy atom. The molecule has 144 valence electrons. The highest BCUT2D eigenvalue weighted by atomic mass is 28.4. The van der Waals surface area contributed by atoms with Crippen LogP contribution in [0.5, 0.6) is 0 Å². The van der Waals surface area contributed by atoms with Gasteiger partial charge in [-0.15, -0.1) is 0 Å². The maximum absolute atomic E-state index is 7.02. The van der Waals surface area contributed by atoms with Crippen molar-refractivity contribution in [3.63, 3.8) is 0 Å². The first-order chi connectivity index (χ1) is 12.7. The molecule has 1 aliphatic heterocycles. The van der Waals surface area contributed by atoms with Gasteiger partial charge in [0.05, 0.1) is 12.7 Å². The molecule has 0 bridgehead atoms. The van der Waals surface area contributed by atoms with E-state index in [1.54, 1.807) is 0 Å². The third kappa shape index (κ3) is 3.82. The number of hydrogen-bond donors (Lipinski definition) is 0. The van der Waals surface area contributed by atoms with Crippen LogP contribution in [0.25, 0.3) is 0 Å². The molecule has 0 aromatic heterocycles. The van der Waals surface area contributed by atoms with Crippen LogP contribution < -0.4 is 10.4 Å². The lowest BCUT2D eigenvalue weighted by Crippen LogP contribution is -2.67. The van der Waals surface area contributed by atoms with Gasteiger partial charge < -0.3 is 9.16 Å². The maximum atomic E-state index is 7.02. The van der Waals surface area contributed by atoms with Crippen molar-refractivity contribution >= 4 is 18.7 Å². The summed E-state index contributed by atoms with van der Waals surface area (Å²) in [5.41, 5.74) is 0.903. The molecule has 1 heterocycles. The van der Waals surface area contributed by atoms with Crippen LogP contribution in [0.1, 0.15) is 41.5 Å². The van der Waals surface area contributed by atoms with E-state index in [2.05, 4.69) is 108 Å². The van der Waals surface area contributed by atoms with Crippen LogP contribution in [0.2, 0.25) is 5.04 Å². The number of benzene rings is 2. The maximum Gasteiger partial charge on any atom is 0.261 e. The molecule has 0 amide bonds. The smallest absolute Gasteiger partial charge is 0.261 e. The van der Waals surface area contributed by atoms with E-state index < -0.39 is 8.32 Å². The van der Waals surface area contributed by atoms with Crippen molar-refractivity contribution in [2.24, 2.45) is 0 Å². The van der Waals surface area contributed by atoms with Gasteiger partial charge in [-0.3, -0.25) is 0 Å². The summed E-state index contributed by atoms with van der Waals surface area (Å²) in [6, 6.07) is 21.5. The van der Waals surface area contributed by atoms with Gasteiger partial charge in [0.15, 0.2) is 0 Å². The molecule has 27 heavy (non-hydrogen) atoms. The number of hydrogen-bond acceptors (Lipinski definition) is 2. The van der Waals surface area contributed by atoms with Crippen molar-refractivity contribution in [1.82, 2.24) is 0 Å². The van der Waals surface area contributed by atoms with E-state index in [-0.39, 0.29) is 16.7 Å². The second-order valence-electron chi connectivity index (χ2n) is 8.91. The van der Waals surface area contributed by atoms with Gasteiger partial charge in [-0.25, -0.2) is 0 Å². The molecule has 0 saturated heterocycles. The first kappa shape index (κ1) is 20.1. The summed E-state index contributed by atoms with van der Waals surface area (Å²) in [5, 5.41) is 2.59. The normalized spacial score (nSPS) is 23.3. The SMILES string of the molecule is CC1=CC(C)(CO[Si](c2ccccc2)(c2ccccc2)C(C)(C)C)OC1C. The van der Waals surface area contributed by atoms with Gasteiger partial charge >= 0.3 is 0 Å². The molecular weight excluding hydrogens is 348 g/mol. The first-order valence-corrected chi connectivity index (χ1v) is 11.7. The fraction of sp³-hybridized carbons (Fsp3) is 0.417. The Morgan fingerprint density at radius 2 is 1.44 bits per heavy atom.